The van der Waals surface area contributed by atoms with E-state index in [1.54, 1.807) is 6.08 Å². The van der Waals surface area contributed by atoms with Crippen LogP contribution in [0.4, 0.5) is 0 Å². The molecule has 0 spiro atoms. The van der Waals surface area contributed by atoms with Crippen molar-refractivity contribution in [3.8, 4) is 0 Å². The lowest BCUT2D eigenvalue weighted by Gasteiger charge is -2.41. The number of carbonyl (C=O) groups excluding carboxylic acids is 1. The van der Waals surface area contributed by atoms with E-state index < -0.39 is 0 Å². The summed E-state index contributed by atoms with van der Waals surface area (Å²) in [6, 6.07) is 0. The van der Waals surface area contributed by atoms with E-state index in [1.807, 2.05) is 19.1 Å². The van der Waals surface area contributed by atoms with Gasteiger partial charge in [-0.25, -0.2) is 0 Å². The van der Waals surface area contributed by atoms with Crippen LogP contribution in [0.5, 0.6) is 0 Å². The van der Waals surface area contributed by atoms with Crippen LogP contribution in [0.2, 0.25) is 0 Å². The molecule has 116 valence electrons. The Bertz CT molecular complexity index is 460. The van der Waals surface area contributed by atoms with Crippen molar-refractivity contribution in [3.05, 3.63) is 47.6 Å². The number of aldehydes is 1. The standard InChI is InChI=1S/C20H30O/c1-16(8-6-9-17(2)13-15-21)11-12-19-18(3)10-7-14-20(19,4)5/h6,8-9,11-13,15,18-19H,7,10,14H2,1-5H3/b9-6+,12-11+,16-8+,17-13+/t18-,19-/m1/s1. The maximum atomic E-state index is 10.3. The molecule has 1 saturated carbocycles. The van der Waals surface area contributed by atoms with Crippen LogP contribution < -0.4 is 0 Å². The quantitative estimate of drug-likeness (QED) is 0.362. The van der Waals surface area contributed by atoms with Gasteiger partial charge in [0.05, 0.1) is 0 Å². The van der Waals surface area contributed by atoms with Crippen LogP contribution in [-0.4, -0.2) is 6.29 Å². The van der Waals surface area contributed by atoms with Crippen molar-refractivity contribution in [2.24, 2.45) is 17.3 Å². The average Bonchev–Trinajstić information content (AvgIpc) is 2.37. The first kappa shape index (κ1) is 17.7. The van der Waals surface area contributed by atoms with Crippen LogP contribution in [0.3, 0.4) is 0 Å². The first-order valence-corrected chi connectivity index (χ1v) is 8.02. The van der Waals surface area contributed by atoms with Crippen molar-refractivity contribution in [2.75, 3.05) is 0 Å². The van der Waals surface area contributed by atoms with Gasteiger partial charge < -0.3 is 0 Å². The Kier molecular flexibility index (Phi) is 6.87. The lowest BCUT2D eigenvalue weighted by molar-refractivity contribution is -0.104. The third kappa shape index (κ3) is 5.87. The largest absolute Gasteiger partial charge is 0.299 e. The fourth-order valence-electron chi connectivity index (χ4n) is 3.27. The Balaban J connectivity index is 2.70. The highest BCUT2D eigenvalue weighted by molar-refractivity contribution is 5.66. The highest BCUT2D eigenvalue weighted by Crippen LogP contribution is 2.44. The third-order valence-electron chi connectivity index (χ3n) is 4.61. The molecule has 0 aromatic heterocycles. The summed E-state index contributed by atoms with van der Waals surface area (Å²) >= 11 is 0. The summed E-state index contributed by atoms with van der Waals surface area (Å²) in [6.45, 7) is 11.2. The Morgan fingerprint density at radius 2 is 1.76 bits per heavy atom. The minimum Gasteiger partial charge on any atom is -0.299 e. The minimum absolute atomic E-state index is 0.410. The smallest absolute Gasteiger partial charge is 0.143 e. The molecule has 0 N–H and O–H groups in total. The van der Waals surface area contributed by atoms with E-state index >= 15 is 0 Å². The van der Waals surface area contributed by atoms with E-state index in [-0.39, 0.29) is 0 Å². The SMILES string of the molecule is CC(/C=C/C=C(C)/C=C/[C@@H]1[C@H](C)CCCC1(C)C)=C\C=O. The summed E-state index contributed by atoms with van der Waals surface area (Å²) in [5, 5.41) is 0. The molecule has 0 aromatic carbocycles. The molecule has 0 aromatic rings. The van der Waals surface area contributed by atoms with Crippen molar-refractivity contribution in [3.63, 3.8) is 0 Å². The minimum atomic E-state index is 0.410. The van der Waals surface area contributed by atoms with Crippen molar-refractivity contribution < 1.29 is 4.79 Å². The molecule has 21 heavy (non-hydrogen) atoms. The monoisotopic (exact) mass is 286 g/mol. The van der Waals surface area contributed by atoms with Crippen LogP contribution in [0.25, 0.3) is 0 Å². The van der Waals surface area contributed by atoms with Gasteiger partial charge in [-0.1, -0.05) is 69.6 Å². The molecule has 0 heterocycles. The fourth-order valence-corrected chi connectivity index (χ4v) is 3.27. The molecule has 1 fully saturated rings. The molecule has 0 aliphatic heterocycles. The van der Waals surface area contributed by atoms with E-state index in [0.717, 1.165) is 17.8 Å². The number of rotatable bonds is 5. The van der Waals surface area contributed by atoms with Crippen molar-refractivity contribution in [1.82, 2.24) is 0 Å². The molecule has 2 atom stereocenters. The summed E-state index contributed by atoms with van der Waals surface area (Å²) in [5.74, 6) is 1.43. The maximum Gasteiger partial charge on any atom is 0.143 e. The Morgan fingerprint density at radius 1 is 1.10 bits per heavy atom. The van der Waals surface area contributed by atoms with Gasteiger partial charge in [0.25, 0.3) is 0 Å². The van der Waals surface area contributed by atoms with Gasteiger partial charge in [-0.2, -0.15) is 0 Å². The Hall–Kier alpha value is -1.37. The lowest BCUT2D eigenvalue weighted by Crippen LogP contribution is -2.32. The summed E-state index contributed by atoms with van der Waals surface area (Å²) < 4.78 is 0. The molecule has 0 saturated heterocycles. The van der Waals surface area contributed by atoms with Crippen LogP contribution in [-0.2, 0) is 4.79 Å². The summed E-state index contributed by atoms with van der Waals surface area (Å²) in [6.07, 6.45) is 17.1. The van der Waals surface area contributed by atoms with Gasteiger partial charge in [0.1, 0.15) is 6.29 Å². The zero-order valence-corrected chi connectivity index (χ0v) is 14.2. The zero-order valence-electron chi connectivity index (χ0n) is 14.2. The molecule has 1 aliphatic carbocycles. The second-order valence-electron chi connectivity index (χ2n) is 7.06. The number of carbonyl (C=O) groups is 1. The predicted molar refractivity (Wildman–Crippen MR) is 92.1 cm³/mol. The molecule has 1 rings (SSSR count). The first-order valence-electron chi connectivity index (χ1n) is 8.02. The van der Waals surface area contributed by atoms with Crippen LogP contribution >= 0.6 is 0 Å². The number of hydrogen-bond donors (Lipinski definition) is 0. The van der Waals surface area contributed by atoms with E-state index in [2.05, 4.69) is 45.9 Å². The molecular weight excluding hydrogens is 256 g/mol. The Labute approximate surface area is 130 Å². The molecule has 0 bridgehead atoms. The molecule has 1 aliphatic rings. The zero-order chi connectivity index (χ0) is 15.9. The average molecular weight is 286 g/mol. The highest BCUT2D eigenvalue weighted by atomic mass is 16.1. The van der Waals surface area contributed by atoms with Crippen molar-refractivity contribution >= 4 is 6.29 Å². The van der Waals surface area contributed by atoms with E-state index in [0.29, 0.717) is 11.3 Å². The molecule has 1 nitrogen and oxygen atoms in total. The van der Waals surface area contributed by atoms with Gasteiger partial charge in [0.2, 0.25) is 0 Å². The first-order chi connectivity index (χ1) is 9.86. The van der Waals surface area contributed by atoms with Gasteiger partial charge in [-0.15, -0.1) is 0 Å². The van der Waals surface area contributed by atoms with E-state index in [4.69, 9.17) is 0 Å². The van der Waals surface area contributed by atoms with Crippen LogP contribution in [0, 0.1) is 17.3 Å². The summed E-state index contributed by atoms with van der Waals surface area (Å²) in [7, 11) is 0. The second kappa shape index (κ2) is 8.17. The second-order valence-corrected chi connectivity index (χ2v) is 7.06. The van der Waals surface area contributed by atoms with Gasteiger partial charge in [0.15, 0.2) is 0 Å². The van der Waals surface area contributed by atoms with Gasteiger partial charge in [0, 0.05) is 0 Å². The number of hydrogen-bond acceptors (Lipinski definition) is 1. The third-order valence-corrected chi connectivity index (χ3v) is 4.61. The molecule has 0 unspecified atom stereocenters. The molecule has 0 amide bonds. The van der Waals surface area contributed by atoms with Gasteiger partial charge in [-0.05, 0) is 49.2 Å². The number of allylic oxidation sites excluding steroid dienone is 8. The fraction of sp³-hybridized carbons (Fsp3) is 0.550. The van der Waals surface area contributed by atoms with Crippen molar-refractivity contribution in [1.29, 1.82) is 0 Å². The van der Waals surface area contributed by atoms with E-state index in [9.17, 15) is 4.79 Å². The molecule has 1 heteroatoms. The van der Waals surface area contributed by atoms with Gasteiger partial charge >= 0.3 is 0 Å². The van der Waals surface area contributed by atoms with Crippen molar-refractivity contribution in [2.45, 2.75) is 53.9 Å². The highest BCUT2D eigenvalue weighted by Gasteiger charge is 2.34. The maximum absolute atomic E-state index is 10.3. The molecular formula is C20H30O. The lowest BCUT2D eigenvalue weighted by atomic mass is 9.64. The van der Waals surface area contributed by atoms with Crippen LogP contribution in [0.15, 0.2) is 47.6 Å². The normalized spacial score (nSPS) is 27.5. The van der Waals surface area contributed by atoms with Gasteiger partial charge in [-0.3, -0.25) is 4.79 Å². The predicted octanol–water partition coefficient (Wildman–Crippen LogP) is 5.65. The van der Waals surface area contributed by atoms with E-state index in [1.165, 1.54) is 24.8 Å². The summed E-state index contributed by atoms with van der Waals surface area (Å²) in [5.41, 5.74) is 2.63. The van der Waals surface area contributed by atoms with Crippen LogP contribution in [0.1, 0.15) is 53.9 Å². The topological polar surface area (TPSA) is 17.1 Å². The Morgan fingerprint density at radius 3 is 2.38 bits per heavy atom. The summed E-state index contributed by atoms with van der Waals surface area (Å²) in [4.78, 5) is 10.3. The molecule has 0 radical (unpaired) electrons.